The molecule has 0 radical (unpaired) electrons. The number of imidazole rings is 1. The largest absolute Gasteiger partial charge is 0.457 e. The highest BCUT2D eigenvalue weighted by Gasteiger charge is 2.05. The summed E-state index contributed by atoms with van der Waals surface area (Å²) in [7, 11) is 0. The zero-order chi connectivity index (χ0) is 13.9. The van der Waals surface area contributed by atoms with E-state index in [4.69, 9.17) is 10.5 Å². The second kappa shape index (κ2) is 4.97. The first-order chi connectivity index (χ1) is 9.74. The second-order valence-electron chi connectivity index (χ2n) is 4.26. The maximum Gasteiger partial charge on any atom is 0.331 e. The van der Waals surface area contributed by atoms with E-state index >= 15 is 0 Å². The number of nitrogen functional groups attached to an aromatic ring is 1. The number of nitrogens with two attached hydrogens (primary N) is 1. The molecule has 0 aliphatic carbocycles. The third kappa shape index (κ3) is 2.29. The molecule has 5 nitrogen and oxygen atoms in total. The van der Waals surface area contributed by atoms with Gasteiger partial charge < -0.3 is 15.5 Å². The lowest BCUT2D eigenvalue weighted by Crippen LogP contribution is -2.16. The summed E-state index contributed by atoms with van der Waals surface area (Å²) in [6.07, 6.45) is 1.47. The van der Waals surface area contributed by atoms with Crippen molar-refractivity contribution in [1.29, 1.82) is 0 Å². The molecule has 5 heteroatoms. The monoisotopic (exact) mass is 267 g/mol. The van der Waals surface area contributed by atoms with Gasteiger partial charge in [0.2, 0.25) is 0 Å². The molecule has 0 saturated carbocycles. The number of rotatable bonds is 3. The van der Waals surface area contributed by atoms with Crippen LogP contribution in [0.25, 0.3) is 5.69 Å². The number of H-pyrrole nitrogens is 1. The smallest absolute Gasteiger partial charge is 0.331 e. The van der Waals surface area contributed by atoms with Gasteiger partial charge in [0, 0.05) is 6.20 Å². The van der Waals surface area contributed by atoms with Gasteiger partial charge in [0.1, 0.15) is 17.3 Å². The van der Waals surface area contributed by atoms with Gasteiger partial charge in [-0.15, -0.1) is 0 Å². The predicted octanol–water partition coefficient (Wildman–Crippen LogP) is 2.54. The van der Waals surface area contributed by atoms with E-state index in [1.54, 1.807) is 24.3 Å². The first-order valence-electron chi connectivity index (χ1n) is 6.13. The Kier molecular flexibility index (Phi) is 3.01. The molecule has 1 heterocycles. The fraction of sp³-hybridized carbons (Fsp3) is 0. The molecule has 0 amide bonds. The standard InChI is InChI=1S/C15H13N3O2/c16-14-10-17-15(19)18(14)11-6-8-13(9-7-11)20-12-4-2-1-3-5-12/h1-10H,16H2,(H,17,19). The van der Waals surface area contributed by atoms with Crippen LogP contribution in [0.3, 0.4) is 0 Å². The van der Waals surface area contributed by atoms with Crippen molar-refractivity contribution < 1.29 is 4.74 Å². The number of nitrogens with one attached hydrogen (secondary N) is 1. The molecule has 20 heavy (non-hydrogen) atoms. The molecule has 3 aromatic rings. The van der Waals surface area contributed by atoms with Crippen molar-refractivity contribution in [3.05, 3.63) is 71.3 Å². The summed E-state index contributed by atoms with van der Waals surface area (Å²) in [5.41, 5.74) is 6.16. The molecule has 3 N–H and O–H groups in total. The molecule has 3 rings (SSSR count). The minimum atomic E-state index is -0.265. The van der Waals surface area contributed by atoms with Gasteiger partial charge in [-0.1, -0.05) is 18.2 Å². The Morgan fingerprint density at radius 2 is 1.60 bits per heavy atom. The molecule has 0 spiro atoms. The first kappa shape index (κ1) is 12.1. The van der Waals surface area contributed by atoms with E-state index in [-0.39, 0.29) is 5.69 Å². The van der Waals surface area contributed by atoms with Crippen molar-refractivity contribution in [2.24, 2.45) is 0 Å². The van der Waals surface area contributed by atoms with Gasteiger partial charge in [-0.3, -0.25) is 0 Å². The Balaban J connectivity index is 1.87. The summed E-state index contributed by atoms with van der Waals surface area (Å²) in [5.74, 6) is 1.83. The maximum absolute atomic E-state index is 11.6. The number of para-hydroxylation sites is 1. The lowest BCUT2D eigenvalue weighted by Gasteiger charge is -2.07. The van der Waals surface area contributed by atoms with Gasteiger partial charge in [0.25, 0.3) is 0 Å². The van der Waals surface area contributed by atoms with Crippen LogP contribution in [0, 0.1) is 0 Å². The molecule has 0 unspecified atom stereocenters. The predicted molar refractivity (Wildman–Crippen MR) is 77.3 cm³/mol. The number of ether oxygens (including phenoxy) is 1. The Morgan fingerprint density at radius 3 is 2.20 bits per heavy atom. The van der Waals surface area contributed by atoms with E-state index in [0.29, 0.717) is 17.3 Å². The molecule has 0 saturated heterocycles. The summed E-state index contributed by atoms with van der Waals surface area (Å²) in [5, 5.41) is 0. The van der Waals surface area contributed by atoms with Gasteiger partial charge >= 0.3 is 5.69 Å². The van der Waals surface area contributed by atoms with Gasteiger partial charge in [0.15, 0.2) is 0 Å². The minimum Gasteiger partial charge on any atom is -0.457 e. The Morgan fingerprint density at radius 1 is 0.950 bits per heavy atom. The number of aromatic amines is 1. The average Bonchev–Trinajstić information content (AvgIpc) is 2.81. The highest BCUT2D eigenvalue weighted by Crippen LogP contribution is 2.22. The van der Waals surface area contributed by atoms with Crippen LogP contribution in [0.5, 0.6) is 11.5 Å². The molecule has 1 aromatic heterocycles. The van der Waals surface area contributed by atoms with Crippen molar-refractivity contribution in [3.63, 3.8) is 0 Å². The van der Waals surface area contributed by atoms with Crippen LogP contribution in [0.15, 0.2) is 65.6 Å². The molecule has 0 bridgehead atoms. The lowest BCUT2D eigenvalue weighted by molar-refractivity contribution is 0.482. The fourth-order valence-electron chi connectivity index (χ4n) is 1.94. The molecule has 2 aromatic carbocycles. The maximum atomic E-state index is 11.6. The summed E-state index contributed by atoms with van der Waals surface area (Å²) in [6.45, 7) is 0. The molecule has 0 atom stereocenters. The van der Waals surface area contributed by atoms with Crippen molar-refractivity contribution in [2.75, 3.05) is 5.73 Å². The minimum absolute atomic E-state index is 0.265. The Hall–Kier alpha value is -2.95. The quantitative estimate of drug-likeness (QED) is 0.766. The molecular formula is C15H13N3O2. The van der Waals surface area contributed by atoms with E-state index in [9.17, 15) is 4.79 Å². The summed E-state index contributed by atoms with van der Waals surface area (Å²) >= 11 is 0. The normalized spacial score (nSPS) is 10.4. The van der Waals surface area contributed by atoms with E-state index in [2.05, 4.69) is 4.98 Å². The van der Waals surface area contributed by atoms with E-state index in [1.165, 1.54) is 10.8 Å². The van der Waals surface area contributed by atoms with Crippen LogP contribution in [0.4, 0.5) is 5.82 Å². The summed E-state index contributed by atoms with van der Waals surface area (Å²) in [6, 6.07) is 16.6. The SMILES string of the molecule is Nc1c[nH]c(=O)n1-c1ccc(Oc2ccccc2)cc1. The van der Waals surface area contributed by atoms with Crippen molar-refractivity contribution >= 4 is 5.82 Å². The third-order valence-corrected chi connectivity index (χ3v) is 2.88. The van der Waals surface area contributed by atoms with Gasteiger partial charge in [-0.2, -0.15) is 0 Å². The van der Waals surface area contributed by atoms with Gasteiger partial charge in [-0.25, -0.2) is 9.36 Å². The lowest BCUT2D eigenvalue weighted by atomic mass is 10.3. The number of hydrogen-bond acceptors (Lipinski definition) is 3. The number of anilines is 1. The number of hydrogen-bond donors (Lipinski definition) is 2. The van der Waals surface area contributed by atoms with Gasteiger partial charge in [-0.05, 0) is 36.4 Å². The Bertz CT molecular complexity index is 758. The molecule has 0 aliphatic heterocycles. The third-order valence-electron chi connectivity index (χ3n) is 2.88. The topological polar surface area (TPSA) is 73.0 Å². The highest BCUT2D eigenvalue weighted by atomic mass is 16.5. The fourth-order valence-corrected chi connectivity index (χ4v) is 1.94. The van der Waals surface area contributed by atoms with E-state index in [1.807, 2.05) is 30.3 Å². The van der Waals surface area contributed by atoms with Crippen molar-refractivity contribution in [2.45, 2.75) is 0 Å². The van der Waals surface area contributed by atoms with Crippen molar-refractivity contribution in [3.8, 4) is 17.2 Å². The molecule has 100 valence electrons. The number of nitrogens with zero attached hydrogens (tertiary/aromatic N) is 1. The van der Waals surface area contributed by atoms with Crippen LogP contribution >= 0.6 is 0 Å². The van der Waals surface area contributed by atoms with Crippen molar-refractivity contribution in [1.82, 2.24) is 9.55 Å². The highest BCUT2D eigenvalue weighted by molar-refractivity contribution is 5.44. The number of benzene rings is 2. The van der Waals surface area contributed by atoms with Crippen LogP contribution in [0.2, 0.25) is 0 Å². The first-order valence-corrected chi connectivity index (χ1v) is 6.13. The second-order valence-corrected chi connectivity index (χ2v) is 4.26. The average molecular weight is 267 g/mol. The van der Waals surface area contributed by atoms with Crippen LogP contribution in [0.1, 0.15) is 0 Å². The Labute approximate surface area is 115 Å². The van der Waals surface area contributed by atoms with E-state index < -0.39 is 0 Å². The molecular weight excluding hydrogens is 254 g/mol. The molecule has 0 aliphatic rings. The summed E-state index contributed by atoms with van der Waals surface area (Å²) < 4.78 is 7.08. The zero-order valence-electron chi connectivity index (χ0n) is 10.6. The number of aromatic nitrogens is 2. The van der Waals surface area contributed by atoms with Gasteiger partial charge in [0.05, 0.1) is 5.69 Å². The van der Waals surface area contributed by atoms with Crippen LogP contribution < -0.4 is 16.2 Å². The molecule has 0 fully saturated rings. The van der Waals surface area contributed by atoms with E-state index in [0.717, 1.165) is 5.75 Å². The zero-order valence-corrected chi connectivity index (χ0v) is 10.6. The van der Waals surface area contributed by atoms with Crippen LogP contribution in [-0.2, 0) is 0 Å². The van der Waals surface area contributed by atoms with Crippen LogP contribution in [-0.4, -0.2) is 9.55 Å². The summed E-state index contributed by atoms with van der Waals surface area (Å²) in [4.78, 5) is 14.2.